The van der Waals surface area contributed by atoms with Crippen LogP contribution in [0.5, 0.6) is 0 Å². The van der Waals surface area contributed by atoms with Crippen molar-refractivity contribution in [2.45, 2.75) is 0 Å². The number of rotatable bonds is 3. The van der Waals surface area contributed by atoms with Gasteiger partial charge >= 0.3 is 0 Å². The molecule has 2 aromatic rings. The van der Waals surface area contributed by atoms with Crippen molar-refractivity contribution >= 4 is 23.0 Å². The summed E-state index contributed by atoms with van der Waals surface area (Å²) < 4.78 is 0. The molecule has 0 bridgehead atoms. The van der Waals surface area contributed by atoms with E-state index in [1.807, 2.05) is 0 Å². The van der Waals surface area contributed by atoms with Crippen molar-refractivity contribution in [1.29, 1.82) is 0 Å². The molecule has 3 rings (SSSR count). The molecule has 0 fully saturated rings. The first-order valence-electron chi connectivity index (χ1n) is 6.32. The van der Waals surface area contributed by atoms with Gasteiger partial charge in [0.1, 0.15) is 11.5 Å². The molecule has 0 saturated heterocycles. The molecule has 22 heavy (non-hydrogen) atoms. The van der Waals surface area contributed by atoms with Gasteiger partial charge in [0, 0.05) is 29.6 Å². The Bertz CT molecular complexity index is 829. The summed E-state index contributed by atoms with van der Waals surface area (Å²) in [6.07, 6.45) is 2.74. The number of hydrogen-bond acceptors (Lipinski definition) is 6. The molecule has 0 spiro atoms. The average Bonchev–Trinajstić information content (AvgIpc) is 2.79. The molecule has 7 heteroatoms. The Morgan fingerprint density at radius 1 is 1.09 bits per heavy atom. The smallest absolute Gasteiger partial charge is 0.280 e. The maximum absolute atomic E-state index is 12.4. The lowest BCUT2D eigenvalue weighted by molar-refractivity contribution is -0.385. The van der Waals surface area contributed by atoms with Gasteiger partial charge in [-0.25, -0.2) is 0 Å². The number of fused-ring (bicyclic) bond motifs is 1. The van der Waals surface area contributed by atoms with Gasteiger partial charge in [0.2, 0.25) is 0 Å². The first-order valence-corrected chi connectivity index (χ1v) is 6.32. The number of nitrogens with zero attached hydrogens (tertiary/aromatic N) is 2. The average molecular weight is 296 g/mol. The van der Waals surface area contributed by atoms with E-state index in [9.17, 15) is 24.5 Å². The second kappa shape index (κ2) is 4.96. The standard InChI is InChI=1S/C15H8N2O5/c18-13(8-4-6-16-7-5-8)12-14(19)9-2-1-3-10(17(21)22)11(9)15(12)20/h1-7,12H. The third kappa shape index (κ3) is 1.91. The van der Waals surface area contributed by atoms with E-state index >= 15 is 0 Å². The number of Topliss-reactive ketones (excluding diaryl/α,β-unsaturated/α-hetero) is 3. The van der Waals surface area contributed by atoms with Gasteiger partial charge in [-0.15, -0.1) is 0 Å². The van der Waals surface area contributed by atoms with Crippen molar-refractivity contribution in [3.05, 3.63) is 69.5 Å². The van der Waals surface area contributed by atoms with Crippen LogP contribution in [-0.4, -0.2) is 27.3 Å². The molecule has 1 heterocycles. The topological polar surface area (TPSA) is 107 Å². The van der Waals surface area contributed by atoms with Crippen LogP contribution in [0.25, 0.3) is 0 Å². The summed E-state index contributed by atoms with van der Waals surface area (Å²) in [6.45, 7) is 0. The highest BCUT2D eigenvalue weighted by atomic mass is 16.6. The molecule has 108 valence electrons. The molecule has 7 nitrogen and oxygen atoms in total. The maximum Gasteiger partial charge on any atom is 0.280 e. The van der Waals surface area contributed by atoms with Gasteiger partial charge in [0.05, 0.1) is 4.92 Å². The third-order valence-corrected chi connectivity index (χ3v) is 3.50. The fourth-order valence-electron chi connectivity index (χ4n) is 2.50. The predicted octanol–water partition coefficient (Wildman–Crippen LogP) is 1.87. The largest absolute Gasteiger partial charge is 0.293 e. The summed E-state index contributed by atoms with van der Waals surface area (Å²) in [6, 6.07) is 6.56. The Kier molecular flexibility index (Phi) is 3.10. The van der Waals surface area contributed by atoms with Gasteiger partial charge in [-0.1, -0.05) is 12.1 Å². The third-order valence-electron chi connectivity index (χ3n) is 3.50. The summed E-state index contributed by atoms with van der Waals surface area (Å²) in [7, 11) is 0. The Balaban J connectivity index is 2.10. The van der Waals surface area contributed by atoms with Crippen LogP contribution in [0, 0.1) is 16.0 Å². The fraction of sp³-hybridized carbons (Fsp3) is 0.0667. The number of carbonyl (C=O) groups is 3. The minimum absolute atomic E-state index is 0.0772. The highest BCUT2D eigenvalue weighted by Gasteiger charge is 2.47. The van der Waals surface area contributed by atoms with Crippen LogP contribution < -0.4 is 0 Å². The van der Waals surface area contributed by atoms with Gasteiger partial charge in [-0.2, -0.15) is 0 Å². The van der Waals surface area contributed by atoms with Crippen LogP contribution in [0.3, 0.4) is 0 Å². The lowest BCUT2D eigenvalue weighted by atomic mass is 9.94. The minimum Gasteiger partial charge on any atom is -0.293 e. The van der Waals surface area contributed by atoms with Crippen LogP contribution >= 0.6 is 0 Å². The summed E-state index contributed by atoms with van der Waals surface area (Å²) in [5.41, 5.74) is -0.658. The van der Waals surface area contributed by atoms with Gasteiger partial charge in [0.25, 0.3) is 5.69 Å². The number of ketones is 3. The van der Waals surface area contributed by atoms with E-state index in [0.29, 0.717) is 0 Å². The summed E-state index contributed by atoms with van der Waals surface area (Å²) in [4.78, 5) is 51.1. The first kappa shape index (κ1) is 13.7. The lowest BCUT2D eigenvalue weighted by Gasteiger charge is -2.05. The zero-order valence-electron chi connectivity index (χ0n) is 11.1. The maximum atomic E-state index is 12.4. The zero-order chi connectivity index (χ0) is 15.9. The second-order valence-electron chi connectivity index (χ2n) is 4.72. The Morgan fingerprint density at radius 3 is 2.41 bits per heavy atom. The number of nitro groups is 1. The van der Waals surface area contributed by atoms with Crippen molar-refractivity contribution in [3.8, 4) is 0 Å². The van der Waals surface area contributed by atoms with Gasteiger partial charge in [0.15, 0.2) is 17.3 Å². The molecule has 1 aliphatic carbocycles. The highest BCUT2D eigenvalue weighted by Crippen LogP contribution is 2.34. The van der Waals surface area contributed by atoms with Crippen LogP contribution in [0.2, 0.25) is 0 Å². The van der Waals surface area contributed by atoms with Gasteiger partial charge in [-0.05, 0) is 12.1 Å². The predicted molar refractivity (Wildman–Crippen MR) is 73.8 cm³/mol. The van der Waals surface area contributed by atoms with Crippen LogP contribution in [0.4, 0.5) is 5.69 Å². The molecule has 1 aromatic heterocycles. The van der Waals surface area contributed by atoms with Crippen molar-refractivity contribution in [2.75, 3.05) is 0 Å². The van der Waals surface area contributed by atoms with Crippen LogP contribution in [0.1, 0.15) is 31.1 Å². The monoisotopic (exact) mass is 296 g/mol. The van der Waals surface area contributed by atoms with E-state index in [4.69, 9.17) is 0 Å². The van der Waals surface area contributed by atoms with Crippen molar-refractivity contribution < 1.29 is 19.3 Å². The Labute approximate surface area is 123 Å². The number of carbonyl (C=O) groups excluding carboxylic acids is 3. The SMILES string of the molecule is O=C(c1ccncc1)C1C(=O)c2cccc([N+](=O)[O-])c2C1=O. The highest BCUT2D eigenvalue weighted by molar-refractivity contribution is 6.38. The zero-order valence-corrected chi connectivity index (χ0v) is 11.1. The summed E-state index contributed by atoms with van der Waals surface area (Å²) in [5, 5.41) is 11.0. The van der Waals surface area contributed by atoms with Crippen molar-refractivity contribution in [3.63, 3.8) is 0 Å². The van der Waals surface area contributed by atoms with Crippen molar-refractivity contribution in [2.24, 2.45) is 5.92 Å². The molecule has 1 aromatic carbocycles. The molecule has 0 aliphatic heterocycles. The van der Waals surface area contributed by atoms with E-state index in [-0.39, 0.29) is 16.7 Å². The Morgan fingerprint density at radius 2 is 1.77 bits per heavy atom. The number of nitro benzene ring substituents is 1. The lowest BCUT2D eigenvalue weighted by Crippen LogP contribution is -2.25. The number of hydrogen-bond donors (Lipinski definition) is 0. The summed E-state index contributed by atoms with van der Waals surface area (Å²) >= 11 is 0. The van der Waals surface area contributed by atoms with E-state index in [1.165, 1.54) is 36.7 Å². The molecule has 1 aliphatic rings. The number of pyridine rings is 1. The normalized spacial score (nSPS) is 16.5. The molecule has 0 saturated carbocycles. The van der Waals surface area contributed by atoms with Gasteiger partial charge in [-0.3, -0.25) is 29.5 Å². The van der Waals surface area contributed by atoms with E-state index in [1.54, 1.807) is 0 Å². The van der Waals surface area contributed by atoms with Crippen LogP contribution in [0.15, 0.2) is 42.7 Å². The second-order valence-corrected chi connectivity index (χ2v) is 4.72. The minimum atomic E-state index is -1.56. The van der Waals surface area contributed by atoms with Gasteiger partial charge < -0.3 is 0 Å². The van der Waals surface area contributed by atoms with Crippen molar-refractivity contribution in [1.82, 2.24) is 4.98 Å². The van der Waals surface area contributed by atoms with Crippen LogP contribution in [-0.2, 0) is 0 Å². The number of aromatic nitrogens is 1. The first-order chi connectivity index (χ1) is 10.5. The molecule has 0 N–H and O–H groups in total. The van der Waals surface area contributed by atoms with E-state index in [2.05, 4.69) is 4.98 Å². The molecule has 1 atom stereocenters. The quantitative estimate of drug-likeness (QED) is 0.370. The Hall–Kier alpha value is -3.22. The molecule has 0 amide bonds. The van der Waals surface area contributed by atoms with E-state index in [0.717, 1.165) is 6.07 Å². The summed E-state index contributed by atoms with van der Waals surface area (Å²) in [5.74, 6) is -3.76. The molecular weight excluding hydrogens is 288 g/mol. The molecular formula is C15H8N2O5. The molecule has 0 radical (unpaired) electrons. The fourth-order valence-corrected chi connectivity index (χ4v) is 2.50. The molecule has 1 unspecified atom stereocenters. The van der Waals surface area contributed by atoms with E-state index < -0.39 is 33.9 Å². The number of benzene rings is 1.